The van der Waals surface area contributed by atoms with E-state index >= 15 is 0 Å². The molecule has 1 N–H and O–H groups in total. The average Bonchev–Trinajstić information content (AvgIpc) is 2.79. The molecular weight excluding hydrogens is 334 g/mol. The lowest BCUT2D eigenvalue weighted by molar-refractivity contribution is -0.149. The average molecular weight is 352 g/mol. The molecule has 1 aliphatic heterocycles. The molecule has 0 bridgehead atoms. The number of hydrogen-bond donors (Lipinski definition) is 1. The summed E-state index contributed by atoms with van der Waals surface area (Å²) >= 11 is 5.68. The molecule has 1 aromatic heterocycles. The Balaban J connectivity index is 1.56. The zero-order valence-corrected chi connectivity index (χ0v) is 13.8. The van der Waals surface area contributed by atoms with Gasteiger partial charge in [0.25, 0.3) is 5.91 Å². The fraction of sp³-hybridized carbons (Fsp3) is 0.500. The van der Waals surface area contributed by atoms with Crippen LogP contribution in [0.4, 0.5) is 4.79 Å². The van der Waals surface area contributed by atoms with E-state index in [9.17, 15) is 14.4 Å². The van der Waals surface area contributed by atoms with E-state index < -0.39 is 17.5 Å². The Morgan fingerprint density at radius 3 is 2.71 bits per heavy atom. The highest BCUT2D eigenvalue weighted by Crippen LogP contribution is 2.33. The number of nitrogens with one attached hydrogen (secondary N) is 1. The van der Waals surface area contributed by atoms with Crippen molar-refractivity contribution in [2.45, 2.75) is 44.2 Å². The van der Waals surface area contributed by atoms with E-state index in [0.717, 1.165) is 24.2 Å². The number of halogens is 1. The normalized spacial score (nSPS) is 19.5. The van der Waals surface area contributed by atoms with Gasteiger partial charge in [-0.3, -0.25) is 14.5 Å². The third kappa shape index (κ3) is 3.36. The molecule has 1 spiro atoms. The van der Waals surface area contributed by atoms with Gasteiger partial charge in [0.1, 0.15) is 23.8 Å². The molecule has 3 amide bonds. The van der Waals surface area contributed by atoms with Crippen molar-refractivity contribution in [3.8, 4) is 0 Å². The van der Waals surface area contributed by atoms with Crippen molar-refractivity contribution >= 4 is 29.5 Å². The highest BCUT2D eigenvalue weighted by atomic mass is 35.5. The minimum atomic E-state index is -0.824. The second-order valence-electron chi connectivity index (χ2n) is 6.11. The molecule has 1 aromatic rings. The van der Waals surface area contributed by atoms with Crippen LogP contribution >= 0.6 is 11.6 Å². The second kappa shape index (κ2) is 6.76. The number of imide groups is 1. The topological polar surface area (TPSA) is 88.6 Å². The van der Waals surface area contributed by atoms with Crippen molar-refractivity contribution in [3.05, 3.63) is 29.0 Å². The van der Waals surface area contributed by atoms with Crippen LogP contribution in [-0.2, 0) is 20.9 Å². The van der Waals surface area contributed by atoms with E-state index in [0.29, 0.717) is 23.6 Å². The summed E-state index contributed by atoms with van der Waals surface area (Å²) in [6, 6.07) is 2.76. The molecule has 2 fully saturated rings. The molecule has 1 saturated heterocycles. The van der Waals surface area contributed by atoms with Crippen LogP contribution in [0.2, 0.25) is 5.15 Å². The summed E-state index contributed by atoms with van der Waals surface area (Å²) < 4.78 is 5.11. The lowest BCUT2D eigenvalue weighted by Gasteiger charge is -2.30. The van der Waals surface area contributed by atoms with Crippen LogP contribution in [0.15, 0.2) is 18.3 Å². The minimum Gasteiger partial charge on any atom is -0.459 e. The number of urea groups is 1. The van der Waals surface area contributed by atoms with E-state index in [-0.39, 0.29) is 19.1 Å². The van der Waals surface area contributed by atoms with E-state index in [1.165, 1.54) is 6.20 Å². The number of esters is 1. The van der Waals surface area contributed by atoms with E-state index in [1.807, 2.05) is 0 Å². The van der Waals surface area contributed by atoms with Gasteiger partial charge in [-0.2, -0.15) is 0 Å². The van der Waals surface area contributed by atoms with Crippen LogP contribution in [0.3, 0.4) is 0 Å². The summed E-state index contributed by atoms with van der Waals surface area (Å²) in [5, 5.41) is 3.11. The zero-order valence-electron chi connectivity index (χ0n) is 13.1. The Morgan fingerprint density at radius 1 is 1.29 bits per heavy atom. The highest BCUT2D eigenvalue weighted by molar-refractivity contribution is 6.29. The number of carbonyl (C=O) groups excluding carboxylic acids is 3. The lowest BCUT2D eigenvalue weighted by Crippen LogP contribution is -2.48. The Labute approximate surface area is 144 Å². The van der Waals surface area contributed by atoms with Gasteiger partial charge in [0.15, 0.2) is 0 Å². The van der Waals surface area contributed by atoms with Crippen LogP contribution in [-0.4, -0.2) is 39.9 Å². The predicted molar refractivity (Wildman–Crippen MR) is 85.1 cm³/mol. The van der Waals surface area contributed by atoms with Crippen LogP contribution < -0.4 is 5.32 Å². The Hall–Kier alpha value is -2.15. The summed E-state index contributed by atoms with van der Waals surface area (Å²) in [7, 11) is 0. The van der Waals surface area contributed by atoms with Crippen molar-refractivity contribution in [1.82, 2.24) is 15.2 Å². The van der Waals surface area contributed by atoms with Gasteiger partial charge in [0.2, 0.25) is 0 Å². The summed E-state index contributed by atoms with van der Waals surface area (Å²) in [6.45, 7) is -0.370. The number of nitrogens with zero attached hydrogens (tertiary/aromatic N) is 2. The van der Waals surface area contributed by atoms with Gasteiger partial charge in [-0.15, -0.1) is 0 Å². The van der Waals surface area contributed by atoms with Crippen LogP contribution in [0.5, 0.6) is 0 Å². The first-order valence-corrected chi connectivity index (χ1v) is 8.28. The molecule has 0 unspecified atom stereocenters. The van der Waals surface area contributed by atoms with Crippen molar-refractivity contribution < 1.29 is 19.1 Å². The number of carbonyl (C=O) groups is 3. The number of ether oxygens (including phenoxy) is 1. The number of rotatable bonds is 4. The van der Waals surface area contributed by atoms with Crippen molar-refractivity contribution in [1.29, 1.82) is 0 Å². The smallest absolute Gasteiger partial charge is 0.326 e. The first-order valence-electron chi connectivity index (χ1n) is 7.90. The van der Waals surface area contributed by atoms with Gasteiger partial charge >= 0.3 is 12.0 Å². The number of hydrogen-bond acceptors (Lipinski definition) is 5. The first kappa shape index (κ1) is 16.7. The maximum atomic E-state index is 12.6. The molecule has 8 heteroatoms. The summed E-state index contributed by atoms with van der Waals surface area (Å²) in [6.07, 6.45) is 5.60. The van der Waals surface area contributed by atoms with Gasteiger partial charge < -0.3 is 10.1 Å². The molecule has 2 aliphatic rings. The first-order chi connectivity index (χ1) is 11.5. The fourth-order valence-corrected chi connectivity index (χ4v) is 3.26. The number of amides is 3. The largest absolute Gasteiger partial charge is 0.459 e. The van der Waals surface area contributed by atoms with Gasteiger partial charge in [-0.1, -0.05) is 36.9 Å². The highest BCUT2D eigenvalue weighted by Gasteiger charge is 2.51. The molecule has 1 saturated carbocycles. The van der Waals surface area contributed by atoms with E-state index in [4.69, 9.17) is 16.3 Å². The molecule has 0 atom stereocenters. The minimum absolute atomic E-state index is 0.0117. The van der Waals surface area contributed by atoms with Gasteiger partial charge in [0.05, 0.1) is 0 Å². The maximum Gasteiger partial charge on any atom is 0.326 e. The summed E-state index contributed by atoms with van der Waals surface area (Å²) in [5.41, 5.74) is -0.149. The van der Waals surface area contributed by atoms with E-state index in [2.05, 4.69) is 10.3 Å². The van der Waals surface area contributed by atoms with Crippen LogP contribution in [0.25, 0.3) is 0 Å². The molecule has 7 nitrogen and oxygen atoms in total. The summed E-state index contributed by atoms with van der Waals surface area (Å²) in [4.78, 5) is 41.4. The number of aromatic nitrogens is 1. The third-order valence-corrected chi connectivity index (χ3v) is 4.65. The molecule has 24 heavy (non-hydrogen) atoms. The predicted octanol–water partition coefficient (Wildman–Crippen LogP) is 2.03. The Bertz CT molecular complexity index is 656. The maximum absolute atomic E-state index is 12.6. The molecule has 1 aliphatic carbocycles. The van der Waals surface area contributed by atoms with Gasteiger partial charge in [0, 0.05) is 11.8 Å². The molecule has 0 radical (unpaired) electrons. The van der Waals surface area contributed by atoms with Crippen LogP contribution in [0, 0.1) is 0 Å². The lowest BCUT2D eigenvalue weighted by atomic mass is 9.82. The van der Waals surface area contributed by atoms with E-state index in [1.54, 1.807) is 12.1 Å². The summed E-state index contributed by atoms with van der Waals surface area (Å²) in [5.74, 6) is -0.960. The molecule has 128 valence electrons. The standard InChI is InChI=1S/C16H18ClN3O4/c17-12-5-4-11(8-18-12)10-24-13(21)9-20-14(22)16(19-15(20)23)6-2-1-3-7-16/h4-5,8H,1-3,6-7,9-10H2,(H,19,23). The van der Waals surface area contributed by atoms with Gasteiger partial charge in [-0.05, 0) is 18.9 Å². The van der Waals surface area contributed by atoms with Gasteiger partial charge in [-0.25, -0.2) is 9.78 Å². The van der Waals surface area contributed by atoms with Crippen molar-refractivity contribution in [2.75, 3.05) is 6.54 Å². The molecule has 0 aromatic carbocycles. The number of pyridine rings is 1. The monoisotopic (exact) mass is 351 g/mol. The van der Waals surface area contributed by atoms with Crippen LogP contribution in [0.1, 0.15) is 37.7 Å². The zero-order chi connectivity index (χ0) is 17.2. The SMILES string of the molecule is O=C(CN1C(=O)NC2(CCCCC2)C1=O)OCc1ccc(Cl)nc1. The molecular formula is C16H18ClN3O4. The quantitative estimate of drug-likeness (QED) is 0.509. The Kier molecular flexibility index (Phi) is 4.71. The second-order valence-corrected chi connectivity index (χ2v) is 6.50. The fourth-order valence-electron chi connectivity index (χ4n) is 3.14. The van der Waals surface area contributed by atoms with Crippen molar-refractivity contribution in [2.24, 2.45) is 0 Å². The van der Waals surface area contributed by atoms with Crippen molar-refractivity contribution in [3.63, 3.8) is 0 Å². The Morgan fingerprint density at radius 2 is 2.04 bits per heavy atom. The molecule has 3 rings (SSSR count). The molecule has 2 heterocycles. The third-order valence-electron chi connectivity index (χ3n) is 4.43.